The van der Waals surface area contributed by atoms with Gasteiger partial charge in [0.25, 0.3) is 0 Å². The zero-order valence-electron chi connectivity index (χ0n) is 11.4. The highest BCUT2D eigenvalue weighted by Crippen LogP contribution is 1.94. The molecule has 4 nitrogen and oxygen atoms in total. The zero-order valence-corrected chi connectivity index (χ0v) is 11.4. The third-order valence-corrected chi connectivity index (χ3v) is 2.43. The summed E-state index contributed by atoms with van der Waals surface area (Å²) in [7, 11) is 4.11. The van der Waals surface area contributed by atoms with Gasteiger partial charge in [-0.25, -0.2) is 0 Å². The van der Waals surface area contributed by atoms with Crippen LogP contribution in [0.1, 0.15) is 27.2 Å². The molecule has 0 fully saturated rings. The Morgan fingerprint density at radius 1 is 1.25 bits per heavy atom. The van der Waals surface area contributed by atoms with Crippen LogP contribution in [0, 0.1) is 0 Å². The van der Waals surface area contributed by atoms with E-state index in [1.165, 1.54) is 0 Å². The van der Waals surface area contributed by atoms with Gasteiger partial charge in [-0.15, -0.1) is 0 Å². The highest BCUT2D eigenvalue weighted by molar-refractivity contribution is 5.78. The fraction of sp³-hybridized carbons (Fsp3) is 0.917. The van der Waals surface area contributed by atoms with Crippen molar-refractivity contribution in [1.29, 1.82) is 0 Å². The average Bonchev–Trinajstić information content (AvgIpc) is 2.20. The highest BCUT2D eigenvalue weighted by Gasteiger charge is 2.10. The lowest BCUT2D eigenvalue weighted by Gasteiger charge is -2.22. The lowest BCUT2D eigenvalue weighted by atomic mass is 10.3. The molecular formula is C12H27N3O. The predicted molar refractivity (Wildman–Crippen MR) is 68.6 cm³/mol. The second-order valence-electron chi connectivity index (χ2n) is 4.67. The Morgan fingerprint density at radius 3 is 2.31 bits per heavy atom. The Bertz CT molecular complexity index is 193. The predicted octanol–water partition coefficient (Wildman–Crippen LogP) is 0.785. The number of likely N-dealkylation sites (N-methyl/N-ethyl adjacent to an activating group) is 1. The Kier molecular flexibility index (Phi) is 8.21. The van der Waals surface area contributed by atoms with E-state index in [0.717, 1.165) is 26.1 Å². The molecule has 0 aromatic carbocycles. The first-order valence-electron chi connectivity index (χ1n) is 6.13. The molecule has 1 amide bonds. The Hall–Kier alpha value is -0.610. The van der Waals surface area contributed by atoms with Crippen LogP contribution in [-0.4, -0.2) is 62.0 Å². The smallest absolute Gasteiger partial charge is 0.236 e. The third kappa shape index (κ3) is 7.65. The van der Waals surface area contributed by atoms with Crippen molar-refractivity contribution in [2.45, 2.75) is 33.2 Å². The Balaban J connectivity index is 3.83. The molecule has 96 valence electrons. The van der Waals surface area contributed by atoms with Crippen molar-refractivity contribution in [3.8, 4) is 0 Å². The van der Waals surface area contributed by atoms with E-state index in [-0.39, 0.29) is 5.91 Å². The lowest BCUT2D eigenvalue weighted by molar-refractivity contribution is -0.130. The van der Waals surface area contributed by atoms with Gasteiger partial charge in [0.05, 0.1) is 6.54 Å². The van der Waals surface area contributed by atoms with Gasteiger partial charge < -0.3 is 15.1 Å². The molecule has 0 heterocycles. The first-order valence-corrected chi connectivity index (χ1v) is 6.13. The molecule has 0 rings (SSSR count). The lowest BCUT2D eigenvalue weighted by Crippen LogP contribution is -2.41. The molecule has 0 bridgehead atoms. The molecule has 0 aromatic heterocycles. The average molecular weight is 229 g/mol. The molecule has 1 N–H and O–H groups in total. The maximum absolute atomic E-state index is 11.8. The number of carbonyl (C=O) groups excluding carboxylic acids is 1. The summed E-state index contributed by atoms with van der Waals surface area (Å²) < 4.78 is 0. The number of nitrogens with zero attached hydrogens (tertiary/aromatic N) is 2. The van der Waals surface area contributed by atoms with Crippen molar-refractivity contribution >= 4 is 5.91 Å². The van der Waals surface area contributed by atoms with E-state index in [0.29, 0.717) is 12.6 Å². The van der Waals surface area contributed by atoms with Crippen LogP contribution in [0.3, 0.4) is 0 Å². The van der Waals surface area contributed by atoms with Crippen molar-refractivity contribution in [3.05, 3.63) is 0 Å². The summed E-state index contributed by atoms with van der Waals surface area (Å²) in [6.45, 7) is 9.27. The standard InChI is InChI=1S/C12H27N3O/c1-6-15(9-7-8-14(4)5)12(16)10-13-11(2)3/h11,13H,6-10H2,1-5H3. The fourth-order valence-corrected chi connectivity index (χ4v) is 1.44. The summed E-state index contributed by atoms with van der Waals surface area (Å²) in [6, 6.07) is 0.365. The molecule has 0 aromatic rings. The van der Waals surface area contributed by atoms with Crippen LogP contribution in [0.5, 0.6) is 0 Å². The second kappa shape index (κ2) is 8.53. The highest BCUT2D eigenvalue weighted by atomic mass is 16.2. The fourth-order valence-electron chi connectivity index (χ4n) is 1.44. The van der Waals surface area contributed by atoms with E-state index in [1.54, 1.807) is 0 Å². The van der Waals surface area contributed by atoms with Crippen LogP contribution in [-0.2, 0) is 4.79 Å². The molecule has 0 radical (unpaired) electrons. The van der Waals surface area contributed by atoms with Crippen LogP contribution >= 0.6 is 0 Å². The quantitative estimate of drug-likeness (QED) is 0.668. The molecule has 0 unspecified atom stereocenters. The minimum Gasteiger partial charge on any atom is -0.342 e. The molecule has 0 aliphatic heterocycles. The summed E-state index contributed by atoms with van der Waals surface area (Å²) in [5, 5.41) is 3.16. The minimum absolute atomic E-state index is 0.204. The van der Waals surface area contributed by atoms with E-state index < -0.39 is 0 Å². The second-order valence-corrected chi connectivity index (χ2v) is 4.67. The molecule has 0 aliphatic carbocycles. The van der Waals surface area contributed by atoms with Crippen molar-refractivity contribution < 1.29 is 4.79 Å². The van der Waals surface area contributed by atoms with Gasteiger partial charge in [0.2, 0.25) is 5.91 Å². The van der Waals surface area contributed by atoms with Gasteiger partial charge in [0.15, 0.2) is 0 Å². The molecule has 4 heteroatoms. The summed E-state index contributed by atoms with van der Waals surface area (Å²) >= 11 is 0. The van der Waals surface area contributed by atoms with Gasteiger partial charge >= 0.3 is 0 Å². The van der Waals surface area contributed by atoms with Crippen molar-refractivity contribution in [2.75, 3.05) is 40.3 Å². The summed E-state index contributed by atoms with van der Waals surface area (Å²) in [5.74, 6) is 0.204. The molecule has 0 saturated heterocycles. The van der Waals surface area contributed by atoms with Gasteiger partial charge in [-0.1, -0.05) is 13.8 Å². The number of amides is 1. The summed E-state index contributed by atoms with van der Waals surface area (Å²) in [4.78, 5) is 15.9. The normalized spacial score (nSPS) is 11.2. The summed E-state index contributed by atoms with van der Waals surface area (Å²) in [5.41, 5.74) is 0. The van der Waals surface area contributed by atoms with E-state index in [2.05, 4.69) is 38.2 Å². The van der Waals surface area contributed by atoms with Crippen LogP contribution < -0.4 is 5.32 Å². The number of rotatable bonds is 8. The molecule has 0 aliphatic rings. The van der Waals surface area contributed by atoms with Gasteiger partial charge in [0, 0.05) is 19.1 Å². The van der Waals surface area contributed by atoms with Gasteiger partial charge in [0.1, 0.15) is 0 Å². The molecule has 0 atom stereocenters. The van der Waals surface area contributed by atoms with E-state index in [1.807, 2.05) is 11.8 Å². The maximum Gasteiger partial charge on any atom is 0.236 e. The SMILES string of the molecule is CCN(CCCN(C)C)C(=O)CNC(C)C. The monoisotopic (exact) mass is 229 g/mol. The first kappa shape index (κ1) is 15.4. The Labute approximate surface area is 100.0 Å². The molecule has 0 spiro atoms. The number of hydrogen-bond acceptors (Lipinski definition) is 3. The van der Waals surface area contributed by atoms with Crippen molar-refractivity contribution in [1.82, 2.24) is 15.1 Å². The van der Waals surface area contributed by atoms with Gasteiger partial charge in [-0.05, 0) is 34.0 Å². The van der Waals surface area contributed by atoms with Crippen LogP contribution in [0.2, 0.25) is 0 Å². The minimum atomic E-state index is 0.204. The van der Waals surface area contributed by atoms with E-state index >= 15 is 0 Å². The number of carbonyl (C=O) groups is 1. The van der Waals surface area contributed by atoms with Gasteiger partial charge in [-0.3, -0.25) is 4.79 Å². The van der Waals surface area contributed by atoms with E-state index in [9.17, 15) is 4.79 Å². The van der Waals surface area contributed by atoms with E-state index in [4.69, 9.17) is 0 Å². The zero-order chi connectivity index (χ0) is 12.6. The first-order chi connectivity index (χ1) is 7.47. The van der Waals surface area contributed by atoms with Crippen LogP contribution in [0.15, 0.2) is 0 Å². The molecule has 0 saturated carbocycles. The van der Waals surface area contributed by atoms with Crippen molar-refractivity contribution in [3.63, 3.8) is 0 Å². The number of nitrogens with one attached hydrogen (secondary N) is 1. The largest absolute Gasteiger partial charge is 0.342 e. The molecule has 16 heavy (non-hydrogen) atoms. The van der Waals surface area contributed by atoms with Crippen molar-refractivity contribution in [2.24, 2.45) is 0 Å². The summed E-state index contributed by atoms with van der Waals surface area (Å²) in [6.07, 6.45) is 1.04. The Morgan fingerprint density at radius 2 is 1.88 bits per heavy atom. The van der Waals surface area contributed by atoms with Crippen LogP contribution in [0.4, 0.5) is 0 Å². The topological polar surface area (TPSA) is 35.6 Å². The maximum atomic E-state index is 11.8. The third-order valence-electron chi connectivity index (χ3n) is 2.43. The number of hydrogen-bond donors (Lipinski definition) is 1. The van der Waals surface area contributed by atoms with Crippen LogP contribution in [0.25, 0.3) is 0 Å². The van der Waals surface area contributed by atoms with Gasteiger partial charge in [-0.2, -0.15) is 0 Å². The molecular weight excluding hydrogens is 202 g/mol.